The van der Waals surface area contributed by atoms with Crippen molar-refractivity contribution >= 4 is 11.6 Å². The fourth-order valence-electron chi connectivity index (χ4n) is 3.34. The molecule has 3 rings (SSSR count). The Bertz CT molecular complexity index is 933. The number of carbonyl (C=O) groups is 2. The number of aliphatic hydroxyl groups excluding tert-OH is 1. The summed E-state index contributed by atoms with van der Waals surface area (Å²) in [6.45, 7) is 9.39. The summed E-state index contributed by atoms with van der Waals surface area (Å²) in [6, 6.07) is 1.31. The molecule has 25 heavy (non-hydrogen) atoms. The third-order valence-corrected chi connectivity index (χ3v) is 4.55. The zero-order valence-electron chi connectivity index (χ0n) is 14.5. The predicted octanol–water partition coefficient (Wildman–Crippen LogP) is 1.86. The molecule has 130 valence electrons. The predicted molar refractivity (Wildman–Crippen MR) is 93.4 cm³/mol. The van der Waals surface area contributed by atoms with Gasteiger partial charge in [0.2, 0.25) is 11.3 Å². The molecule has 2 N–H and O–H groups in total. The number of hydrogen-bond acceptors (Lipinski definition) is 5. The van der Waals surface area contributed by atoms with Crippen LogP contribution in [0.1, 0.15) is 46.7 Å². The minimum Gasteiger partial charge on any atom is -0.370 e. The van der Waals surface area contributed by atoms with Crippen molar-refractivity contribution in [3.63, 3.8) is 0 Å². The van der Waals surface area contributed by atoms with Gasteiger partial charge in [-0.15, -0.1) is 6.58 Å². The summed E-state index contributed by atoms with van der Waals surface area (Å²) in [5, 5.41) is 10.4. The third kappa shape index (κ3) is 2.68. The van der Waals surface area contributed by atoms with Crippen LogP contribution in [0.25, 0.3) is 0 Å². The van der Waals surface area contributed by atoms with Crippen molar-refractivity contribution in [3.05, 3.63) is 68.3 Å². The molecule has 1 aromatic heterocycles. The molecule has 6 heteroatoms. The van der Waals surface area contributed by atoms with E-state index in [9.17, 15) is 19.5 Å². The minimum atomic E-state index is -1.01. The molecule has 6 nitrogen and oxygen atoms in total. The zero-order valence-corrected chi connectivity index (χ0v) is 14.5. The van der Waals surface area contributed by atoms with Crippen LogP contribution in [0.2, 0.25) is 0 Å². The summed E-state index contributed by atoms with van der Waals surface area (Å²) in [5.74, 6) is -0.752. The second-order valence-corrected chi connectivity index (χ2v) is 6.61. The molecule has 0 saturated carbocycles. The van der Waals surface area contributed by atoms with Crippen molar-refractivity contribution in [2.45, 2.75) is 33.4 Å². The van der Waals surface area contributed by atoms with Gasteiger partial charge in [-0.2, -0.15) is 0 Å². The number of hydrogen-bond donors (Lipinski definition) is 2. The van der Waals surface area contributed by atoms with Crippen LogP contribution in [0.4, 0.5) is 0 Å². The molecule has 0 saturated heterocycles. The molecule has 0 radical (unpaired) electrons. The Hall–Kier alpha value is -2.73. The van der Waals surface area contributed by atoms with Gasteiger partial charge in [-0.05, 0) is 44.4 Å². The second-order valence-electron chi connectivity index (χ2n) is 6.61. The lowest BCUT2D eigenvalue weighted by Gasteiger charge is -2.37. The number of pyridine rings is 1. The van der Waals surface area contributed by atoms with E-state index in [0.717, 1.165) is 5.57 Å². The number of H-pyrrole nitrogens is 1. The van der Waals surface area contributed by atoms with Gasteiger partial charge in [-0.3, -0.25) is 14.4 Å². The van der Waals surface area contributed by atoms with Crippen molar-refractivity contribution in [3.8, 4) is 0 Å². The van der Waals surface area contributed by atoms with Crippen molar-refractivity contribution in [1.82, 2.24) is 9.88 Å². The SMILES string of the molecule is C=C(C)CCN1C2=C(C(=O)c3c(C)cc(=O)[nH]c3C2=O)C(C)=CC1O. The Morgan fingerprint density at radius 2 is 1.96 bits per heavy atom. The van der Waals surface area contributed by atoms with Crippen LogP contribution in [0, 0.1) is 6.92 Å². The number of allylic oxidation sites excluding steroid dienone is 3. The highest BCUT2D eigenvalue weighted by atomic mass is 16.3. The fraction of sp³-hybridized carbons (Fsp3) is 0.316. The lowest BCUT2D eigenvalue weighted by atomic mass is 9.82. The number of aliphatic hydroxyl groups is 1. The molecule has 0 bridgehead atoms. The van der Waals surface area contributed by atoms with Crippen LogP contribution in [0.15, 0.2) is 45.9 Å². The van der Waals surface area contributed by atoms with Crippen LogP contribution in [-0.4, -0.2) is 39.3 Å². The van der Waals surface area contributed by atoms with Crippen LogP contribution in [0.5, 0.6) is 0 Å². The average molecular weight is 340 g/mol. The summed E-state index contributed by atoms with van der Waals surface area (Å²) in [5.41, 5.74) is 2.16. The largest absolute Gasteiger partial charge is 0.370 e. The van der Waals surface area contributed by atoms with Crippen molar-refractivity contribution in [2.75, 3.05) is 6.54 Å². The van der Waals surface area contributed by atoms with Gasteiger partial charge in [0, 0.05) is 12.6 Å². The van der Waals surface area contributed by atoms with E-state index in [2.05, 4.69) is 11.6 Å². The standard InChI is InChI=1S/C19H20N2O4/c1-9(2)5-6-21-13(23)8-11(4)15-17(21)19(25)16-14(18(15)24)10(3)7-12(22)20-16/h7-8,13,23H,1,5-6H2,2-4H3,(H,20,22). The van der Waals surface area contributed by atoms with Gasteiger partial charge in [-0.25, -0.2) is 0 Å². The van der Waals surface area contributed by atoms with Crippen molar-refractivity contribution < 1.29 is 14.7 Å². The summed E-state index contributed by atoms with van der Waals surface area (Å²) in [7, 11) is 0. The van der Waals surface area contributed by atoms with E-state index < -0.39 is 17.6 Å². The van der Waals surface area contributed by atoms with Crippen LogP contribution < -0.4 is 5.56 Å². The number of ketones is 2. The molecule has 0 fully saturated rings. The molecule has 0 spiro atoms. The summed E-state index contributed by atoms with van der Waals surface area (Å²) in [4.78, 5) is 41.9. The van der Waals surface area contributed by atoms with Crippen LogP contribution in [-0.2, 0) is 0 Å². The van der Waals surface area contributed by atoms with E-state index in [-0.39, 0.29) is 22.7 Å². The number of fused-ring (bicyclic) bond motifs is 1. The van der Waals surface area contributed by atoms with Crippen molar-refractivity contribution in [2.24, 2.45) is 0 Å². The molecular weight excluding hydrogens is 320 g/mol. The number of Topliss-reactive ketones (excluding diaryl/α,β-unsaturated/α-hetero) is 2. The molecule has 2 heterocycles. The van der Waals surface area contributed by atoms with Gasteiger partial charge in [0.05, 0.1) is 11.1 Å². The number of aromatic nitrogens is 1. The molecule has 0 aromatic carbocycles. The maximum absolute atomic E-state index is 13.1. The first-order valence-electron chi connectivity index (χ1n) is 8.08. The topological polar surface area (TPSA) is 90.5 Å². The first-order chi connectivity index (χ1) is 11.7. The maximum atomic E-state index is 13.1. The van der Waals surface area contributed by atoms with E-state index in [1.165, 1.54) is 11.0 Å². The monoisotopic (exact) mass is 340 g/mol. The summed E-state index contributed by atoms with van der Waals surface area (Å²) < 4.78 is 0. The first kappa shape index (κ1) is 17.1. The highest BCUT2D eigenvalue weighted by molar-refractivity contribution is 6.28. The van der Waals surface area contributed by atoms with Gasteiger partial charge in [-0.1, -0.05) is 5.57 Å². The zero-order chi connectivity index (χ0) is 18.5. The average Bonchev–Trinajstić information content (AvgIpc) is 2.50. The first-order valence-corrected chi connectivity index (χ1v) is 8.08. The highest BCUT2D eigenvalue weighted by Crippen LogP contribution is 2.36. The smallest absolute Gasteiger partial charge is 0.248 e. The Kier molecular flexibility index (Phi) is 4.08. The van der Waals surface area contributed by atoms with Gasteiger partial charge in [0.15, 0.2) is 5.78 Å². The molecule has 1 aliphatic heterocycles. The number of aryl methyl sites for hydroxylation is 1. The van der Waals surface area contributed by atoms with E-state index in [1.54, 1.807) is 19.9 Å². The minimum absolute atomic E-state index is 0.00373. The Balaban J connectivity index is 2.20. The lowest BCUT2D eigenvalue weighted by Crippen LogP contribution is -2.44. The van der Waals surface area contributed by atoms with E-state index in [4.69, 9.17) is 0 Å². The molecular formula is C19H20N2O4. The van der Waals surface area contributed by atoms with E-state index in [0.29, 0.717) is 29.7 Å². The Labute approximate surface area is 145 Å². The Morgan fingerprint density at radius 3 is 2.60 bits per heavy atom. The van der Waals surface area contributed by atoms with Gasteiger partial charge in [0.1, 0.15) is 17.6 Å². The number of nitrogens with zero attached hydrogens (tertiary/aromatic N) is 1. The van der Waals surface area contributed by atoms with Crippen molar-refractivity contribution in [1.29, 1.82) is 0 Å². The summed E-state index contributed by atoms with van der Waals surface area (Å²) in [6.07, 6.45) is 1.13. The number of aromatic amines is 1. The quantitative estimate of drug-likeness (QED) is 0.820. The Morgan fingerprint density at radius 1 is 1.28 bits per heavy atom. The molecule has 0 amide bonds. The maximum Gasteiger partial charge on any atom is 0.248 e. The number of rotatable bonds is 3. The van der Waals surface area contributed by atoms with E-state index in [1.807, 2.05) is 6.92 Å². The van der Waals surface area contributed by atoms with Gasteiger partial charge < -0.3 is 15.0 Å². The lowest BCUT2D eigenvalue weighted by molar-refractivity contribution is 0.0557. The number of carbonyl (C=O) groups excluding carboxylic acids is 2. The fourth-order valence-corrected chi connectivity index (χ4v) is 3.34. The summed E-state index contributed by atoms with van der Waals surface area (Å²) >= 11 is 0. The number of nitrogens with one attached hydrogen (secondary N) is 1. The normalized spacial score (nSPS) is 19.6. The molecule has 1 atom stereocenters. The van der Waals surface area contributed by atoms with Gasteiger partial charge >= 0.3 is 0 Å². The molecule has 1 aliphatic carbocycles. The molecule has 2 aliphatic rings. The van der Waals surface area contributed by atoms with Crippen LogP contribution in [0.3, 0.4) is 0 Å². The van der Waals surface area contributed by atoms with E-state index >= 15 is 0 Å². The molecule has 1 unspecified atom stereocenters. The molecule has 1 aromatic rings. The third-order valence-electron chi connectivity index (χ3n) is 4.55. The van der Waals surface area contributed by atoms with Crippen LogP contribution >= 0.6 is 0 Å². The highest BCUT2D eigenvalue weighted by Gasteiger charge is 2.41. The van der Waals surface area contributed by atoms with Gasteiger partial charge in [0.25, 0.3) is 0 Å². The second kappa shape index (κ2) is 5.97.